The van der Waals surface area contributed by atoms with Crippen molar-refractivity contribution in [3.8, 4) is 0 Å². The number of unbranched alkanes of at least 4 members (excludes halogenated alkanes) is 29. The van der Waals surface area contributed by atoms with Gasteiger partial charge in [0.2, 0.25) is 5.91 Å². The van der Waals surface area contributed by atoms with Gasteiger partial charge in [-0.1, -0.05) is 193 Å². The van der Waals surface area contributed by atoms with Crippen LogP contribution in [0.2, 0.25) is 0 Å². The Morgan fingerprint density at radius 1 is 0.545 bits per heavy atom. The maximum atomic E-state index is 12.1. The smallest absolute Gasteiger partial charge is 0.463 e. The van der Waals surface area contributed by atoms with E-state index in [1.165, 1.54) is 167 Å². The Morgan fingerprint density at radius 2 is 0.927 bits per heavy atom. The van der Waals surface area contributed by atoms with E-state index in [0.29, 0.717) is 6.42 Å². The number of phosphoric acid groups is 1. The number of allylic oxidation sites excluding steroid dienone is 2. The molecule has 10 heteroatoms. The first kappa shape index (κ1) is 53.8. The van der Waals surface area contributed by atoms with Gasteiger partial charge in [0.1, 0.15) is 12.7 Å². The fourth-order valence-electron chi connectivity index (χ4n) is 6.67. The van der Waals surface area contributed by atoms with Crippen molar-refractivity contribution in [2.75, 3.05) is 26.4 Å². The summed E-state index contributed by atoms with van der Waals surface area (Å²) < 4.78 is 26.9. The second-order valence-electron chi connectivity index (χ2n) is 15.7. The summed E-state index contributed by atoms with van der Waals surface area (Å²) in [7, 11) is -4.41. The van der Waals surface area contributed by atoms with Gasteiger partial charge in [-0.15, -0.1) is 0 Å². The maximum Gasteiger partial charge on any atom is 0.472 e. The number of nitrogens with one attached hydrogen (secondary N) is 1. The fraction of sp³-hybridized carbons (Fsp3) is 0.911. The molecule has 0 aliphatic rings. The van der Waals surface area contributed by atoms with Crippen LogP contribution in [0.25, 0.3) is 0 Å². The van der Waals surface area contributed by atoms with Gasteiger partial charge in [-0.3, -0.25) is 18.6 Å². The Kier molecular flexibility index (Phi) is 41.4. The summed E-state index contributed by atoms with van der Waals surface area (Å²) in [6.45, 7) is 3.58. The molecule has 0 spiro atoms. The van der Waals surface area contributed by atoms with Crippen LogP contribution < -0.4 is 5.32 Å². The van der Waals surface area contributed by atoms with E-state index in [2.05, 4.69) is 31.3 Å². The lowest BCUT2D eigenvalue weighted by Crippen LogP contribution is -2.27. The zero-order chi connectivity index (χ0) is 40.3. The third kappa shape index (κ3) is 43.7. The van der Waals surface area contributed by atoms with Crippen molar-refractivity contribution < 1.29 is 37.9 Å². The van der Waals surface area contributed by atoms with Gasteiger partial charge in [0.15, 0.2) is 0 Å². The van der Waals surface area contributed by atoms with Gasteiger partial charge in [-0.2, -0.15) is 0 Å². The Balaban J connectivity index is 3.56. The molecule has 0 saturated heterocycles. The van der Waals surface area contributed by atoms with Crippen molar-refractivity contribution in [3.05, 3.63) is 12.2 Å². The lowest BCUT2D eigenvalue weighted by atomic mass is 10.0. The molecule has 9 nitrogen and oxygen atoms in total. The first-order chi connectivity index (χ1) is 26.8. The number of esters is 1. The molecule has 0 aromatic rings. The van der Waals surface area contributed by atoms with Crippen LogP contribution >= 0.6 is 7.82 Å². The molecule has 0 aliphatic carbocycles. The molecule has 0 rings (SSSR count). The summed E-state index contributed by atoms with van der Waals surface area (Å²) in [6.07, 6.45) is 44.2. The SMILES string of the molecule is CCCCCCCCC/C=C\CCCCCCCCCC(=O)NCCOP(=O)(O)OCC(O)COC(=O)CCCCCCCCCCCCCCCCCC. The maximum absolute atomic E-state index is 12.1. The van der Waals surface area contributed by atoms with E-state index in [1.54, 1.807) is 0 Å². The van der Waals surface area contributed by atoms with E-state index in [0.717, 1.165) is 38.5 Å². The lowest BCUT2D eigenvalue weighted by molar-refractivity contribution is -0.147. The zero-order valence-corrected chi connectivity index (χ0v) is 36.8. The molecule has 0 saturated carbocycles. The second-order valence-corrected chi connectivity index (χ2v) is 17.2. The molecule has 2 unspecified atom stereocenters. The monoisotopic (exact) mass is 802 g/mol. The standard InChI is InChI=1S/C45H88NO8P/c1-3-5-7-9-11-13-15-17-19-21-22-23-25-27-29-31-33-35-37-44(48)46-39-40-53-55(50,51)54-42-43(47)41-52-45(49)38-36-34-32-30-28-26-24-20-18-16-14-12-10-8-6-4-2/h19,21,43,47H,3-18,20,22-42H2,1-2H3,(H,46,48)(H,50,51)/b21-19-. The minimum atomic E-state index is -4.41. The summed E-state index contributed by atoms with van der Waals surface area (Å²) in [5, 5.41) is 12.7. The van der Waals surface area contributed by atoms with Gasteiger partial charge in [0.25, 0.3) is 0 Å². The van der Waals surface area contributed by atoms with Crippen molar-refractivity contribution in [2.24, 2.45) is 0 Å². The van der Waals surface area contributed by atoms with Crippen LogP contribution in [-0.2, 0) is 27.9 Å². The molecule has 0 aromatic heterocycles. The number of aliphatic hydroxyl groups excluding tert-OH is 1. The largest absolute Gasteiger partial charge is 0.472 e. The highest BCUT2D eigenvalue weighted by Crippen LogP contribution is 2.42. The number of hydrogen-bond acceptors (Lipinski definition) is 7. The van der Waals surface area contributed by atoms with E-state index < -0.39 is 26.5 Å². The number of amides is 1. The van der Waals surface area contributed by atoms with Crippen LogP contribution in [0, 0.1) is 0 Å². The summed E-state index contributed by atoms with van der Waals surface area (Å²) in [6, 6.07) is 0. The Bertz CT molecular complexity index is 917. The van der Waals surface area contributed by atoms with E-state index in [9.17, 15) is 24.2 Å². The van der Waals surface area contributed by atoms with Crippen LogP contribution in [0.3, 0.4) is 0 Å². The molecule has 0 aromatic carbocycles. The number of aliphatic hydroxyl groups is 1. The molecule has 3 N–H and O–H groups in total. The van der Waals surface area contributed by atoms with Gasteiger partial charge in [-0.25, -0.2) is 4.57 Å². The molecule has 0 heterocycles. The molecule has 326 valence electrons. The minimum absolute atomic E-state index is 0.0831. The van der Waals surface area contributed by atoms with E-state index >= 15 is 0 Å². The number of carbonyl (C=O) groups excluding carboxylic acids is 2. The molecular weight excluding hydrogens is 713 g/mol. The highest BCUT2D eigenvalue weighted by atomic mass is 31.2. The average Bonchev–Trinajstić information content (AvgIpc) is 3.17. The number of rotatable bonds is 44. The summed E-state index contributed by atoms with van der Waals surface area (Å²) in [5.74, 6) is -0.510. The molecule has 2 atom stereocenters. The highest BCUT2D eigenvalue weighted by Gasteiger charge is 2.23. The van der Waals surface area contributed by atoms with Crippen LogP contribution in [0.4, 0.5) is 0 Å². The Hall–Kier alpha value is -1.25. The quantitative estimate of drug-likeness (QED) is 0.0240. The van der Waals surface area contributed by atoms with Crippen LogP contribution in [-0.4, -0.2) is 54.3 Å². The lowest BCUT2D eigenvalue weighted by Gasteiger charge is -2.15. The Labute approximate surface area is 338 Å². The predicted octanol–water partition coefficient (Wildman–Crippen LogP) is 13.0. The van der Waals surface area contributed by atoms with E-state index in [1.807, 2.05) is 0 Å². The molecule has 0 aliphatic heterocycles. The third-order valence-corrected chi connectivity index (χ3v) is 11.2. The molecule has 55 heavy (non-hydrogen) atoms. The van der Waals surface area contributed by atoms with Gasteiger partial charge in [0.05, 0.1) is 13.2 Å². The number of hydrogen-bond donors (Lipinski definition) is 3. The second kappa shape index (κ2) is 42.4. The fourth-order valence-corrected chi connectivity index (χ4v) is 7.43. The number of ether oxygens (including phenoxy) is 1. The zero-order valence-electron chi connectivity index (χ0n) is 35.9. The normalized spacial score (nSPS) is 13.3. The average molecular weight is 802 g/mol. The van der Waals surface area contributed by atoms with Crippen LogP contribution in [0.5, 0.6) is 0 Å². The summed E-state index contributed by atoms with van der Waals surface area (Å²) in [4.78, 5) is 33.9. The van der Waals surface area contributed by atoms with Gasteiger partial charge < -0.3 is 20.1 Å². The highest BCUT2D eigenvalue weighted by molar-refractivity contribution is 7.47. The molecule has 0 bridgehead atoms. The van der Waals surface area contributed by atoms with Crippen molar-refractivity contribution in [3.63, 3.8) is 0 Å². The molecule has 1 amide bonds. The van der Waals surface area contributed by atoms with Crippen molar-refractivity contribution in [1.82, 2.24) is 5.32 Å². The van der Waals surface area contributed by atoms with Crippen LogP contribution in [0.15, 0.2) is 12.2 Å². The third-order valence-electron chi connectivity index (χ3n) is 10.2. The number of carbonyl (C=O) groups is 2. The Morgan fingerprint density at radius 3 is 1.36 bits per heavy atom. The van der Waals surface area contributed by atoms with E-state index in [4.69, 9.17) is 13.8 Å². The van der Waals surface area contributed by atoms with Crippen molar-refractivity contribution >= 4 is 19.7 Å². The van der Waals surface area contributed by atoms with Crippen LogP contribution in [0.1, 0.15) is 232 Å². The topological polar surface area (TPSA) is 131 Å². The molecular formula is C45H88NO8P. The van der Waals surface area contributed by atoms with Crippen molar-refractivity contribution in [1.29, 1.82) is 0 Å². The minimum Gasteiger partial charge on any atom is -0.463 e. The van der Waals surface area contributed by atoms with Gasteiger partial charge >= 0.3 is 13.8 Å². The predicted molar refractivity (Wildman–Crippen MR) is 229 cm³/mol. The van der Waals surface area contributed by atoms with Gasteiger partial charge in [-0.05, 0) is 38.5 Å². The summed E-state index contributed by atoms with van der Waals surface area (Å²) in [5.41, 5.74) is 0. The first-order valence-corrected chi connectivity index (χ1v) is 24.7. The molecule has 0 radical (unpaired) electrons. The molecule has 0 fully saturated rings. The van der Waals surface area contributed by atoms with Gasteiger partial charge in [0, 0.05) is 19.4 Å². The van der Waals surface area contributed by atoms with Crippen molar-refractivity contribution in [2.45, 2.75) is 238 Å². The van der Waals surface area contributed by atoms with E-state index in [-0.39, 0.29) is 32.1 Å². The summed E-state index contributed by atoms with van der Waals surface area (Å²) >= 11 is 0. The first-order valence-electron chi connectivity index (χ1n) is 23.2. The number of phosphoric ester groups is 1.